The van der Waals surface area contributed by atoms with Crippen LogP contribution in [0.3, 0.4) is 0 Å². The first-order chi connectivity index (χ1) is 19.5. The Morgan fingerprint density at radius 3 is 1.81 bits per heavy atom. The van der Waals surface area contributed by atoms with Crippen molar-refractivity contribution in [3.8, 4) is 0 Å². The van der Waals surface area contributed by atoms with E-state index < -0.39 is 16.6 Å². The summed E-state index contributed by atoms with van der Waals surface area (Å²) in [4.78, 5) is 0. The van der Waals surface area contributed by atoms with Crippen LogP contribution in [0.4, 0.5) is 5.69 Å². The van der Waals surface area contributed by atoms with E-state index in [0.717, 1.165) is 24.2 Å². The molecule has 2 aliphatic carbocycles. The third-order valence-corrected chi connectivity index (χ3v) is 23.0. The van der Waals surface area contributed by atoms with Crippen LogP contribution in [0.5, 0.6) is 0 Å². The lowest BCUT2D eigenvalue weighted by molar-refractivity contribution is 0.240. The van der Waals surface area contributed by atoms with Crippen molar-refractivity contribution in [2.24, 2.45) is 11.8 Å². The maximum atomic E-state index is 3.05. The number of benzene rings is 2. The van der Waals surface area contributed by atoms with Gasteiger partial charge in [-0.3, -0.25) is 8.67 Å². The largest absolute Gasteiger partial charge is 0.375 e. The molecule has 0 spiro atoms. The maximum absolute atomic E-state index is 3.05. The zero-order valence-corrected chi connectivity index (χ0v) is 32.2. The van der Waals surface area contributed by atoms with Crippen molar-refractivity contribution < 1.29 is 0 Å². The molecule has 5 rings (SSSR count). The van der Waals surface area contributed by atoms with Gasteiger partial charge in [-0.1, -0.05) is 81.4 Å². The predicted octanol–water partition coefficient (Wildman–Crippen LogP) is 9.17. The van der Waals surface area contributed by atoms with E-state index in [1.54, 1.807) is 11.4 Å². The van der Waals surface area contributed by atoms with Crippen LogP contribution in [0.15, 0.2) is 59.5 Å². The Kier molecular flexibility index (Phi) is 9.04. The van der Waals surface area contributed by atoms with Gasteiger partial charge >= 0.3 is 0 Å². The first kappa shape index (κ1) is 32.4. The van der Waals surface area contributed by atoms with Gasteiger partial charge in [0.05, 0.1) is 17.3 Å². The van der Waals surface area contributed by atoms with Gasteiger partial charge in [0, 0.05) is 27.8 Å². The van der Waals surface area contributed by atoms with Crippen LogP contribution in [0, 0.1) is 11.8 Å². The molecule has 2 fully saturated rings. The van der Waals surface area contributed by atoms with Gasteiger partial charge in [-0.05, 0) is 109 Å². The number of hydrogen-bond donors (Lipinski definition) is 0. The van der Waals surface area contributed by atoms with Gasteiger partial charge in [-0.25, -0.2) is 0 Å². The summed E-state index contributed by atoms with van der Waals surface area (Å²) in [6.07, 6.45) is 4.09. The summed E-state index contributed by atoms with van der Waals surface area (Å²) in [7, 11) is -0.749. The number of fused-ring (bicyclic) bond motifs is 2. The SMILES string of the molecule is CC(C)c1cccc(C(C)C)c1N([Si][Si]c1ccccc1)C1=C(P2N(C(C)(C)C)[Si](C)(C)N2C(C)(C)C)C2CCC1C2. The fraction of sp³-hybridized carbons (Fsp3) is 0.600. The van der Waals surface area contributed by atoms with Gasteiger partial charge in [0.25, 0.3) is 0 Å². The van der Waals surface area contributed by atoms with E-state index in [9.17, 15) is 0 Å². The van der Waals surface area contributed by atoms with Crippen LogP contribution in [-0.4, -0.2) is 46.4 Å². The lowest BCUT2D eigenvalue weighted by Gasteiger charge is -2.71. The Hall–Kier alpha value is -1.02. The Bertz CT molecular complexity index is 1260. The molecule has 2 atom stereocenters. The fourth-order valence-corrected chi connectivity index (χ4v) is 22.6. The van der Waals surface area contributed by atoms with Crippen molar-refractivity contribution in [3.05, 3.63) is 70.7 Å². The molecule has 0 amide bonds. The van der Waals surface area contributed by atoms with Crippen molar-refractivity contribution in [1.29, 1.82) is 0 Å². The second-order valence-corrected chi connectivity index (χ2v) is 25.2. The Labute approximate surface area is 265 Å². The zero-order chi connectivity index (χ0) is 30.8. The normalized spacial score (nSPS) is 23.4. The minimum absolute atomic E-state index is 0.168. The topological polar surface area (TPSA) is 9.72 Å². The number of para-hydroxylation sites is 1. The molecule has 1 aliphatic heterocycles. The van der Waals surface area contributed by atoms with E-state index in [4.69, 9.17) is 0 Å². The van der Waals surface area contributed by atoms with Gasteiger partial charge in [-0.2, -0.15) is 0 Å². The molecule has 1 heterocycles. The van der Waals surface area contributed by atoms with E-state index in [1.165, 1.54) is 35.6 Å². The van der Waals surface area contributed by atoms with Gasteiger partial charge in [-0.15, -0.1) is 0 Å². The van der Waals surface area contributed by atoms with Gasteiger partial charge in [0.1, 0.15) is 0 Å². The minimum Gasteiger partial charge on any atom is -0.375 e. The van der Waals surface area contributed by atoms with Crippen molar-refractivity contribution in [1.82, 2.24) is 8.67 Å². The van der Waals surface area contributed by atoms with Gasteiger partial charge in [0.2, 0.25) is 8.40 Å². The first-order valence-electron chi connectivity index (χ1n) is 16.2. The van der Waals surface area contributed by atoms with Crippen LogP contribution in [0.2, 0.25) is 13.1 Å². The van der Waals surface area contributed by atoms with Crippen LogP contribution in [0.25, 0.3) is 0 Å². The average molecular weight is 632 g/mol. The third kappa shape index (κ3) is 5.74. The summed E-state index contributed by atoms with van der Waals surface area (Å²) in [5, 5.41) is 3.33. The van der Waals surface area contributed by atoms with E-state index >= 15 is 0 Å². The smallest absolute Gasteiger partial charge is 0.210 e. The predicted molar refractivity (Wildman–Crippen MR) is 190 cm³/mol. The van der Waals surface area contributed by atoms with Crippen molar-refractivity contribution in [2.45, 2.75) is 125 Å². The first-order valence-corrected chi connectivity index (χ1v) is 23.3. The third-order valence-electron chi connectivity index (χ3n) is 9.26. The van der Waals surface area contributed by atoms with E-state index in [0.29, 0.717) is 17.8 Å². The standard InChI is InChI=1S/C35H54N3PSi3/c1-24(2)29-19-16-20-30(25(3)4)32(29)36(41-40-28-17-14-13-15-18-28)31-26-21-22-27(23-26)33(31)39-37(34(5,6)7)42(11,12)38(39)35(8,9)10/h13-20,24-27H,21-23H2,1-12H3. The molecule has 2 bridgehead atoms. The second kappa shape index (κ2) is 11.7. The molecule has 226 valence electrons. The molecule has 2 unspecified atom stereocenters. The molecule has 3 nitrogen and oxygen atoms in total. The highest BCUT2D eigenvalue weighted by Gasteiger charge is 2.65. The molecule has 3 aliphatic rings. The Balaban J connectivity index is 1.75. The molecule has 42 heavy (non-hydrogen) atoms. The maximum Gasteiger partial charge on any atom is 0.210 e. The van der Waals surface area contributed by atoms with E-state index in [1.807, 2.05) is 5.31 Å². The molecule has 4 radical (unpaired) electrons. The highest BCUT2D eigenvalue weighted by Crippen LogP contribution is 2.75. The number of nitrogens with zero attached hydrogens (tertiary/aromatic N) is 3. The monoisotopic (exact) mass is 631 g/mol. The Morgan fingerprint density at radius 2 is 1.31 bits per heavy atom. The van der Waals surface area contributed by atoms with Crippen LogP contribution >= 0.6 is 8.22 Å². The second-order valence-electron chi connectivity index (χ2n) is 15.8. The molecule has 0 N–H and O–H groups in total. The molecule has 2 aromatic carbocycles. The molecule has 7 heteroatoms. The molecule has 0 aromatic heterocycles. The summed E-state index contributed by atoms with van der Waals surface area (Å²) in [5.74, 6) is 2.41. The lowest BCUT2D eigenvalue weighted by Crippen LogP contribution is -2.77. The highest BCUT2D eigenvalue weighted by atomic mass is 31.1. The lowest BCUT2D eigenvalue weighted by atomic mass is 9.92. The number of anilines is 1. The molecule has 1 saturated carbocycles. The summed E-state index contributed by atoms with van der Waals surface area (Å²) in [6.45, 7) is 29.7. The summed E-state index contributed by atoms with van der Waals surface area (Å²) in [5.41, 5.74) is 6.67. The van der Waals surface area contributed by atoms with E-state index in [-0.39, 0.29) is 11.1 Å². The van der Waals surface area contributed by atoms with Crippen LogP contribution in [0.1, 0.15) is 111 Å². The minimum atomic E-state index is -1.76. The van der Waals surface area contributed by atoms with Gasteiger partial charge in [0.15, 0.2) is 9.20 Å². The van der Waals surface area contributed by atoms with Crippen LogP contribution < -0.4 is 9.75 Å². The highest BCUT2D eigenvalue weighted by molar-refractivity contribution is 7.66. The quantitative estimate of drug-likeness (QED) is 0.212. The zero-order valence-electron chi connectivity index (χ0n) is 28.3. The van der Waals surface area contributed by atoms with Gasteiger partial charge < -0.3 is 4.57 Å². The van der Waals surface area contributed by atoms with E-state index in [2.05, 4.69) is 144 Å². The molecular weight excluding hydrogens is 578 g/mol. The number of rotatable bonds is 8. The van der Waals surface area contributed by atoms with Crippen molar-refractivity contribution in [3.63, 3.8) is 0 Å². The summed E-state index contributed by atoms with van der Waals surface area (Å²) < 4.78 is 9.04. The fourth-order valence-electron chi connectivity index (χ4n) is 8.14. The average Bonchev–Trinajstić information content (AvgIpc) is 3.48. The molecule has 1 saturated heterocycles. The van der Waals surface area contributed by atoms with Crippen LogP contribution in [-0.2, 0) is 0 Å². The summed E-state index contributed by atoms with van der Waals surface area (Å²) >= 11 is 0. The Morgan fingerprint density at radius 1 is 0.786 bits per heavy atom. The molecule has 2 aromatic rings. The molecular formula is C35H54N3PSi3. The van der Waals surface area contributed by atoms with Crippen molar-refractivity contribution in [2.75, 3.05) is 4.57 Å². The summed E-state index contributed by atoms with van der Waals surface area (Å²) in [6, 6.07) is 18.4. The number of hydrogen-bond acceptors (Lipinski definition) is 3. The van der Waals surface area contributed by atoms with Crippen molar-refractivity contribution >= 4 is 45.7 Å². The number of allylic oxidation sites excluding steroid dienone is 2.